The molecule has 2 unspecified atom stereocenters. The molecule has 0 spiro atoms. The number of rotatable bonds is 6. The highest BCUT2D eigenvalue weighted by molar-refractivity contribution is 5.92. The number of nitrogens with one attached hydrogen (secondary N) is 1. The second-order valence-electron chi connectivity index (χ2n) is 9.44. The third-order valence-corrected chi connectivity index (χ3v) is 7.67. The molecule has 6 rings (SSSR count). The molecule has 2 atom stereocenters. The van der Waals surface area contributed by atoms with Gasteiger partial charge in [-0.05, 0) is 68.1 Å². The number of fused-ring (bicyclic) bond motifs is 3. The predicted molar refractivity (Wildman–Crippen MR) is 134 cm³/mol. The molecule has 0 radical (unpaired) electrons. The molecule has 2 saturated heterocycles. The topological polar surface area (TPSA) is 95.7 Å². The molecular formula is C27H28N6O2. The number of phenols is 1. The van der Waals surface area contributed by atoms with E-state index in [0.29, 0.717) is 30.1 Å². The number of hydrogen-bond acceptors (Lipinski definition) is 6. The molecule has 2 fully saturated rings. The van der Waals surface area contributed by atoms with Crippen LogP contribution >= 0.6 is 0 Å². The molecule has 2 aliphatic rings. The largest absolute Gasteiger partial charge is 0.506 e. The summed E-state index contributed by atoms with van der Waals surface area (Å²) in [5, 5.41) is 18.2. The number of carbonyl (C=O) groups is 1. The Morgan fingerprint density at radius 1 is 1.06 bits per heavy atom. The Morgan fingerprint density at radius 3 is 2.51 bits per heavy atom. The summed E-state index contributed by atoms with van der Waals surface area (Å²) in [4.78, 5) is 22.5. The van der Waals surface area contributed by atoms with Crippen molar-refractivity contribution < 1.29 is 9.90 Å². The number of carbonyl (C=O) groups excluding carboxylic acids is 1. The fourth-order valence-corrected chi connectivity index (χ4v) is 6.15. The lowest BCUT2D eigenvalue weighted by Gasteiger charge is -2.38. The summed E-state index contributed by atoms with van der Waals surface area (Å²) in [5.74, 6) is 0.417. The van der Waals surface area contributed by atoms with E-state index in [9.17, 15) is 9.90 Å². The van der Waals surface area contributed by atoms with Crippen molar-refractivity contribution in [1.29, 1.82) is 0 Å². The maximum Gasteiger partial charge on any atom is 0.211 e. The smallest absolute Gasteiger partial charge is 0.211 e. The monoisotopic (exact) mass is 468 g/mol. The molecule has 8 nitrogen and oxygen atoms in total. The molecule has 0 aliphatic carbocycles. The van der Waals surface area contributed by atoms with Crippen LogP contribution in [-0.2, 0) is 4.79 Å². The Bertz CT molecular complexity index is 1370. The quantitative estimate of drug-likeness (QED) is 0.320. The third kappa shape index (κ3) is 3.65. The average molecular weight is 469 g/mol. The van der Waals surface area contributed by atoms with Crippen LogP contribution in [0.1, 0.15) is 44.2 Å². The van der Waals surface area contributed by atoms with Crippen molar-refractivity contribution in [3.8, 4) is 28.1 Å². The molecule has 178 valence electrons. The van der Waals surface area contributed by atoms with Gasteiger partial charge in [-0.25, -0.2) is 9.50 Å². The summed E-state index contributed by atoms with van der Waals surface area (Å²) < 4.78 is 2.01. The lowest BCUT2D eigenvalue weighted by molar-refractivity contribution is -0.105. The minimum atomic E-state index is -0.00528. The second-order valence-corrected chi connectivity index (χ2v) is 9.44. The summed E-state index contributed by atoms with van der Waals surface area (Å²) >= 11 is 0. The van der Waals surface area contributed by atoms with E-state index < -0.39 is 0 Å². The normalized spacial score (nSPS) is 21.9. The Kier molecular flexibility index (Phi) is 5.45. The summed E-state index contributed by atoms with van der Waals surface area (Å²) in [7, 11) is 0. The number of phenolic OH excluding ortho intramolecular Hbond substituents is 1. The zero-order valence-electron chi connectivity index (χ0n) is 19.6. The first-order valence-electron chi connectivity index (χ1n) is 12.2. The van der Waals surface area contributed by atoms with Crippen molar-refractivity contribution in [2.45, 2.75) is 50.6 Å². The van der Waals surface area contributed by atoms with Crippen LogP contribution in [0.3, 0.4) is 0 Å². The first-order valence-corrected chi connectivity index (χ1v) is 12.2. The molecule has 4 aromatic rings. The summed E-state index contributed by atoms with van der Waals surface area (Å²) in [5.41, 5.74) is 5.66. The van der Waals surface area contributed by atoms with Crippen LogP contribution in [0.25, 0.3) is 28.0 Å². The average Bonchev–Trinajstić information content (AvgIpc) is 3.39. The zero-order valence-corrected chi connectivity index (χ0v) is 19.6. The highest BCUT2D eigenvalue weighted by Gasteiger charge is 2.41. The van der Waals surface area contributed by atoms with Crippen LogP contribution in [0.4, 0.5) is 5.69 Å². The van der Waals surface area contributed by atoms with Gasteiger partial charge in [0.15, 0.2) is 5.65 Å². The maximum atomic E-state index is 10.9. The van der Waals surface area contributed by atoms with E-state index in [1.54, 1.807) is 24.5 Å². The molecule has 2 bridgehead atoms. The molecule has 8 heteroatoms. The minimum absolute atomic E-state index is 0.00528. The van der Waals surface area contributed by atoms with Crippen molar-refractivity contribution >= 4 is 17.7 Å². The highest BCUT2D eigenvalue weighted by atomic mass is 16.3. The molecule has 2 aliphatic heterocycles. The van der Waals surface area contributed by atoms with Gasteiger partial charge in [-0.3, -0.25) is 14.7 Å². The lowest BCUT2D eigenvalue weighted by atomic mass is 9.88. The van der Waals surface area contributed by atoms with Crippen molar-refractivity contribution in [3.05, 3.63) is 60.7 Å². The number of pyridine rings is 1. The van der Waals surface area contributed by atoms with E-state index >= 15 is 0 Å². The van der Waals surface area contributed by atoms with E-state index in [0.717, 1.165) is 47.4 Å². The van der Waals surface area contributed by atoms with Gasteiger partial charge in [0.2, 0.25) is 6.41 Å². The van der Waals surface area contributed by atoms with E-state index in [1.165, 1.54) is 18.5 Å². The number of nitrogens with zero attached hydrogens (tertiary/aromatic N) is 5. The number of aromatic hydroxyl groups is 1. The van der Waals surface area contributed by atoms with Crippen LogP contribution in [0, 0.1) is 0 Å². The maximum absolute atomic E-state index is 10.9. The van der Waals surface area contributed by atoms with E-state index in [1.807, 2.05) is 28.9 Å². The fourth-order valence-electron chi connectivity index (χ4n) is 6.15. The van der Waals surface area contributed by atoms with E-state index in [2.05, 4.69) is 28.2 Å². The number of benzene rings is 1. The van der Waals surface area contributed by atoms with Crippen LogP contribution in [0.2, 0.25) is 0 Å². The SMILES string of the molecule is CCN1C2CCC1CC(c1ccnc3c(-c4ccc(NC=O)c(O)c4)c(-c4ccncc4)nn13)C2. The number of aromatic nitrogens is 4. The number of anilines is 1. The van der Waals surface area contributed by atoms with Gasteiger partial charge >= 0.3 is 0 Å². The van der Waals surface area contributed by atoms with Gasteiger partial charge in [-0.1, -0.05) is 13.0 Å². The van der Waals surface area contributed by atoms with Gasteiger partial charge in [0, 0.05) is 47.8 Å². The Morgan fingerprint density at radius 2 is 1.83 bits per heavy atom. The van der Waals surface area contributed by atoms with Crippen molar-refractivity contribution in [2.24, 2.45) is 0 Å². The van der Waals surface area contributed by atoms with Crippen LogP contribution < -0.4 is 5.32 Å². The molecule has 1 aromatic carbocycles. The van der Waals surface area contributed by atoms with Gasteiger partial charge in [0.05, 0.1) is 11.3 Å². The Hall–Kier alpha value is -3.78. The van der Waals surface area contributed by atoms with Crippen LogP contribution in [-0.4, -0.2) is 54.6 Å². The fraction of sp³-hybridized carbons (Fsp3) is 0.333. The Balaban J connectivity index is 1.51. The van der Waals surface area contributed by atoms with E-state index in [4.69, 9.17) is 10.1 Å². The highest BCUT2D eigenvalue weighted by Crippen LogP contribution is 2.44. The molecule has 1 amide bonds. The van der Waals surface area contributed by atoms with Gasteiger partial charge in [-0.15, -0.1) is 0 Å². The molecule has 3 aromatic heterocycles. The van der Waals surface area contributed by atoms with Gasteiger partial charge < -0.3 is 10.4 Å². The summed E-state index contributed by atoms with van der Waals surface area (Å²) in [6.07, 6.45) is 10.8. The van der Waals surface area contributed by atoms with Gasteiger partial charge in [0.25, 0.3) is 0 Å². The molecule has 2 N–H and O–H groups in total. The van der Waals surface area contributed by atoms with Crippen molar-refractivity contribution in [1.82, 2.24) is 24.5 Å². The predicted octanol–water partition coefficient (Wildman–Crippen LogP) is 4.46. The molecule has 0 saturated carbocycles. The van der Waals surface area contributed by atoms with Crippen LogP contribution in [0.15, 0.2) is 55.0 Å². The number of piperidine rings is 1. The minimum Gasteiger partial charge on any atom is -0.506 e. The standard InChI is InChI=1S/C27H28N6O2/c1-2-32-20-4-5-21(32)14-19(13-20)23-9-12-29-27-25(18-3-6-22(30-16-34)24(35)15-18)26(31-33(23)27)17-7-10-28-11-8-17/h3,6-12,15-16,19-21,35H,2,4-5,13-14H2,1H3,(H,30,34). The molecule has 35 heavy (non-hydrogen) atoms. The van der Waals surface area contributed by atoms with Crippen LogP contribution in [0.5, 0.6) is 5.75 Å². The second kappa shape index (κ2) is 8.78. The third-order valence-electron chi connectivity index (χ3n) is 7.67. The summed E-state index contributed by atoms with van der Waals surface area (Å²) in [6.45, 7) is 3.38. The number of hydrogen-bond donors (Lipinski definition) is 2. The zero-order chi connectivity index (χ0) is 23.9. The lowest BCUT2D eigenvalue weighted by Crippen LogP contribution is -2.42. The Labute approximate surface area is 203 Å². The van der Waals surface area contributed by atoms with E-state index in [-0.39, 0.29) is 5.75 Å². The summed E-state index contributed by atoms with van der Waals surface area (Å²) in [6, 6.07) is 12.5. The first kappa shape index (κ1) is 21.7. The first-order chi connectivity index (χ1) is 17.2. The van der Waals surface area contributed by atoms with Crippen molar-refractivity contribution in [3.63, 3.8) is 0 Å². The number of amides is 1. The van der Waals surface area contributed by atoms with Gasteiger partial charge in [0.1, 0.15) is 11.4 Å². The molecular weight excluding hydrogens is 440 g/mol. The molecule has 5 heterocycles. The van der Waals surface area contributed by atoms with Gasteiger partial charge in [-0.2, -0.15) is 5.10 Å². The van der Waals surface area contributed by atoms with Crippen molar-refractivity contribution in [2.75, 3.05) is 11.9 Å².